The summed E-state index contributed by atoms with van der Waals surface area (Å²) in [5.41, 5.74) is 4.55. The van der Waals surface area contributed by atoms with E-state index in [0.29, 0.717) is 13.0 Å². The topological polar surface area (TPSA) is 105 Å². The number of nitrogens with one attached hydrogen (secondary N) is 2. The standard InChI is InChI=1S/C26H30N2O5/c1-16(24(29)27-14-17-8-2-3-9-18(17)25(30)31)28-26(32)33-15-23-21-12-6-4-10-19(21)20-11-5-7-13-22(20)23/h4-7,10-13,16-18,23H,2-3,8-9,14-15H2,1H3,(H,27,29)(H,28,32)(H,30,31)/t16-,17?,18?/m0/s1. The molecule has 33 heavy (non-hydrogen) atoms. The van der Waals surface area contributed by atoms with Crippen LogP contribution in [0, 0.1) is 11.8 Å². The molecule has 0 aliphatic heterocycles. The van der Waals surface area contributed by atoms with Crippen LogP contribution in [0.3, 0.4) is 0 Å². The van der Waals surface area contributed by atoms with Gasteiger partial charge in [-0.05, 0) is 47.9 Å². The number of alkyl carbamates (subject to hydrolysis) is 1. The summed E-state index contributed by atoms with van der Waals surface area (Å²) in [6, 6.07) is 15.4. The molecular weight excluding hydrogens is 420 g/mol. The van der Waals surface area contributed by atoms with Crippen LogP contribution >= 0.6 is 0 Å². The highest BCUT2D eigenvalue weighted by Crippen LogP contribution is 2.44. The minimum absolute atomic E-state index is 0.0495. The van der Waals surface area contributed by atoms with Gasteiger partial charge in [0.2, 0.25) is 5.91 Å². The van der Waals surface area contributed by atoms with Crippen LogP contribution in [0.15, 0.2) is 48.5 Å². The Kier molecular flexibility index (Phi) is 6.96. The van der Waals surface area contributed by atoms with Gasteiger partial charge in [-0.3, -0.25) is 9.59 Å². The molecule has 2 aromatic carbocycles. The van der Waals surface area contributed by atoms with Crippen LogP contribution in [-0.4, -0.2) is 42.3 Å². The number of hydrogen-bond donors (Lipinski definition) is 3. The number of ether oxygens (including phenoxy) is 1. The molecule has 1 fully saturated rings. The van der Waals surface area contributed by atoms with Crippen molar-refractivity contribution in [3.05, 3.63) is 59.7 Å². The largest absolute Gasteiger partial charge is 0.481 e. The Labute approximate surface area is 193 Å². The van der Waals surface area contributed by atoms with Crippen molar-refractivity contribution in [3.8, 4) is 11.1 Å². The van der Waals surface area contributed by atoms with Crippen molar-refractivity contribution in [2.45, 2.75) is 44.6 Å². The highest BCUT2D eigenvalue weighted by molar-refractivity contribution is 5.85. The van der Waals surface area contributed by atoms with Gasteiger partial charge in [0.1, 0.15) is 12.6 Å². The molecule has 0 spiro atoms. The molecule has 2 unspecified atom stereocenters. The Bertz CT molecular complexity index is 991. The van der Waals surface area contributed by atoms with E-state index >= 15 is 0 Å². The summed E-state index contributed by atoms with van der Waals surface area (Å²) in [6.07, 6.45) is 2.65. The quantitative estimate of drug-likeness (QED) is 0.593. The number of amides is 2. The zero-order chi connectivity index (χ0) is 23.4. The maximum Gasteiger partial charge on any atom is 0.407 e. The fourth-order valence-electron chi connectivity index (χ4n) is 5.04. The van der Waals surface area contributed by atoms with E-state index in [4.69, 9.17) is 4.74 Å². The van der Waals surface area contributed by atoms with E-state index in [0.717, 1.165) is 41.5 Å². The summed E-state index contributed by atoms with van der Waals surface area (Å²) in [4.78, 5) is 36.3. The molecule has 2 aliphatic rings. The Hall–Kier alpha value is -3.35. The number of rotatable bonds is 7. The number of carboxylic acid groups (broad SMARTS) is 1. The van der Waals surface area contributed by atoms with Gasteiger partial charge >= 0.3 is 12.1 Å². The van der Waals surface area contributed by atoms with Crippen molar-refractivity contribution < 1.29 is 24.2 Å². The highest BCUT2D eigenvalue weighted by atomic mass is 16.5. The van der Waals surface area contributed by atoms with Crippen LogP contribution < -0.4 is 10.6 Å². The lowest BCUT2D eigenvalue weighted by Gasteiger charge is -2.29. The smallest absolute Gasteiger partial charge is 0.407 e. The van der Waals surface area contributed by atoms with Crippen molar-refractivity contribution in [2.75, 3.05) is 13.2 Å². The lowest BCUT2D eigenvalue weighted by atomic mass is 9.79. The van der Waals surface area contributed by atoms with E-state index < -0.39 is 24.0 Å². The summed E-state index contributed by atoms with van der Waals surface area (Å²) >= 11 is 0. The predicted molar refractivity (Wildman–Crippen MR) is 124 cm³/mol. The Morgan fingerprint density at radius 1 is 1.00 bits per heavy atom. The molecule has 2 aromatic rings. The zero-order valence-electron chi connectivity index (χ0n) is 18.8. The number of carbonyl (C=O) groups is 3. The molecule has 0 bridgehead atoms. The molecule has 0 radical (unpaired) electrons. The third-order valence-electron chi connectivity index (χ3n) is 6.84. The number of aliphatic carboxylic acids is 1. The van der Waals surface area contributed by atoms with Crippen molar-refractivity contribution in [2.24, 2.45) is 11.8 Å². The van der Waals surface area contributed by atoms with E-state index in [1.165, 1.54) is 0 Å². The van der Waals surface area contributed by atoms with E-state index in [1.54, 1.807) is 6.92 Å². The van der Waals surface area contributed by atoms with Crippen molar-refractivity contribution >= 4 is 18.0 Å². The third-order valence-corrected chi connectivity index (χ3v) is 6.84. The maximum absolute atomic E-state index is 12.5. The predicted octanol–water partition coefficient (Wildman–Crippen LogP) is 3.92. The minimum Gasteiger partial charge on any atom is -0.481 e. The first-order valence-corrected chi connectivity index (χ1v) is 11.6. The number of hydrogen-bond acceptors (Lipinski definition) is 4. The number of carboxylic acids is 1. The van der Waals surface area contributed by atoms with Gasteiger partial charge in [-0.25, -0.2) is 4.79 Å². The zero-order valence-corrected chi connectivity index (χ0v) is 18.8. The Balaban J connectivity index is 1.28. The second-order valence-corrected chi connectivity index (χ2v) is 8.93. The number of carbonyl (C=O) groups excluding carboxylic acids is 2. The van der Waals surface area contributed by atoms with Crippen LogP contribution in [0.1, 0.15) is 49.7 Å². The van der Waals surface area contributed by atoms with Crippen molar-refractivity contribution in [3.63, 3.8) is 0 Å². The lowest BCUT2D eigenvalue weighted by Crippen LogP contribution is -2.47. The van der Waals surface area contributed by atoms with Crippen molar-refractivity contribution in [1.82, 2.24) is 10.6 Å². The van der Waals surface area contributed by atoms with Crippen LogP contribution in [-0.2, 0) is 14.3 Å². The highest BCUT2D eigenvalue weighted by Gasteiger charge is 2.32. The van der Waals surface area contributed by atoms with Gasteiger partial charge in [0.05, 0.1) is 5.92 Å². The molecular formula is C26H30N2O5. The van der Waals surface area contributed by atoms with Gasteiger partial charge in [-0.15, -0.1) is 0 Å². The van der Waals surface area contributed by atoms with Crippen molar-refractivity contribution in [1.29, 1.82) is 0 Å². The average Bonchev–Trinajstić information content (AvgIpc) is 3.15. The number of fused-ring (bicyclic) bond motifs is 3. The SMILES string of the molecule is C[C@H](NC(=O)OCC1c2ccccc2-c2ccccc21)C(=O)NCC1CCCCC1C(=O)O. The average molecular weight is 451 g/mol. The summed E-state index contributed by atoms with van der Waals surface area (Å²) in [6.45, 7) is 2.06. The lowest BCUT2D eigenvalue weighted by molar-refractivity contribution is -0.145. The summed E-state index contributed by atoms with van der Waals surface area (Å²) in [5.74, 6) is -1.71. The third kappa shape index (κ3) is 5.02. The van der Waals surface area contributed by atoms with E-state index in [-0.39, 0.29) is 24.3 Å². The fourth-order valence-corrected chi connectivity index (χ4v) is 5.04. The molecule has 7 heteroatoms. The molecule has 0 heterocycles. The molecule has 0 aromatic heterocycles. The van der Waals surface area contributed by atoms with Gasteiger partial charge in [0, 0.05) is 12.5 Å². The number of benzene rings is 2. The molecule has 3 N–H and O–H groups in total. The second-order valence-electron chi connectivity index (χ2n) is 8.93. The summed E-state index contributed by atoms with van der Waals surface area (Å²) in [5, 5.41) is 14.8. The van der Waals surface area contributed by atoms with Gasteiger partial charge < -0.3 is 20.5 Å². The van der Waals surface area contributed by atoms with E-state index in [1.807, 2.05) is 36.4 Å². The molecule has 3 atom stereocenters. The molecule has 0 saturated heterocycles. The minimum atomic E-state index is -0.807. The van der Waals surface area contributed by atoms with Gasteiger partial charge in [-0.2, -0.15) is 0 Å². The summed E-state index contributed by atoms with van der Waals surface area (Å²) < 4.78 is 5.50. The maximum atomic E-state index is 12.5. The molecule has 7 nitrogen and oxygen atoms in total. The Morgan fingerprint density at radius 2 is 1.61 bits per heavy atom. The fraction of sp³-hybridized carbons (Fsp3) is 0.423. The van der Waals surface area contributed by atoms with Gasteiger partial charge in [0.25, 0.3) is 0 Å². The molecule has 2 aliphatic carbocycles. The first kappa shape index (κ1) is 22.8. The van der Waals surface area contributed by atoms with Crippen LogP contribution in [0.25, 0.3) is 11.1 Å². The normalized spacial score (nSPS) is 20.3. The molecule has 2 amide bonds. The second kappa shape index (κ2) is 10.1. The van der Waals surface area contributed by atoms with Crippen LogP contribution in [0.4, 0.5) is 4.79 Å². The van der Waals surface area contributed by atoms with Gasteiger partial charge in [-0.1, -0.05) is 61.4 Å². The van der Waals surface area contributed by atoms with Crippen LogP contribution in [0.5, 0.6) is 0 Å². The van der Waals surface area contributed by atoms with Gasteiger partial charge in [0.15, 0.2) is 0 Å². The van der Waals surface area contributed by atoms with E-state index in [9.17, 15) is 19.5 Å². The molecule has 174 valence electrons. The Morgan fingerprint density at radius 3 is 2.24 bits per heavy atom. The van der Waals surface area contributed by atoms with Crippen LogP contribution in [0.2, 0.25) is 0 Å². The summed E-state index contributed by atoms with van der Waals surface area (Å²) in [7, 11) is 0. The first-order chi connectivity index (χ1) is 16.0. The van der Waals surface area contributed by atoms with E-state index in [2.05, 4.69) is 22.8 Å². The molecule has 4 rings (SSSR count). The molecule has 1 saturated carbocycles. The monoisotopic (exact) mass is 450 g/mol. The first-order valence-electron chi connectivity index (χ1n) is 11.6.